The lowest BCUT2D eigenvalue weighted by molar-refractivity contribution is 0.310. The van der Waals surface area contributed by atoms with E-state index in [0.29, 0.717) is 16.3 Å². The molecule has 4 heteroatoms. The van der Waals surface area contributed by atoms with Crippen molar-refractivity contribution in [2.45, 2.75) is 39.2 Å². The number of halogens is 1. The minimum atomic E-state index is -0.185. The molecular weight excluding hydrogens is 247 g/mol. The van der Waals surface area contributed by atoms with Crippen LogP contribution in [0.1, 0.15) is 32.3 Å². The summed E-state index contributed by atoms with van der Waals surface area (Å²) in [6.07, 6.45) is 2.50. The summed E-state index contributed by atoms with van der Waals surface area (Å²) in [7, 11) is 0. The SMILES string of the molecule is Cc1cc2c(cc1F)[nH]c(=S)n2C(C)(C)C1CC1. The summed E-state index contributed by atoms with van der Waals surface area (Å²) in [6, 6.07) is 3.43. The highest BCUT2D eigenvalue weighted by Gasteiger charge is 2.40. The van der Waals surface area contributed by atoms with Crippen molar-refractivity contribution in [3.8, 4) is 0 Å². The van der Waals surface area contributed by atoms with E-state index in [1.165, 1.54) is 12.8 Å². The number of aryl methyl sites for hydroxylation is 1. The minimum Gasteiger partial charge on any atom is -0.330 e. The fourth-order valence-electron chi connectivity index (χ4n) is 2.78. The molecule has 1 N–H and O–H groups in total. The topological polar surface area (TPSA) is 20.7 Å². The van der Waals surface area contributed by atoms with E-state index in [0.717, 1.165) is 11.0 Å². The number of hydrogen-bond acceptors (Lipinski definition) is 1. The van der Waals surface area contributed by atoms with Gasteiger partial charge in [-0.25, -0.2) is 4.39 Å². The minimum absolute atomic E-state index is 0.000394. The van der Waals surface area contributed by atoms with Crippen molar-refractivity contribution in [1.82, 2.24) is 9.55 Å². The first-order chi connectivity index (χ1) is 8.41. The van der Waals surface area contributed by atoms with Crippen LogP contribution in [0.3, 0.4) is 0 Å². The largest absolute Gasteiger partial charge is 0.330 e. The summed E-state index contributed by atoms with van der Waals surface area (Å²) in [4.78, 5) is 3.12. The molecule has 3 rings (SSSR count). The van der Waals surface area contributed by atoms with Crippen molar-refractivity contribution >= 4 is 23.3 Å². The smallest absolute Gasteiger partial charge is 0.178 e. The molecule has 0 atom stereocenters. The van der Waals surface area contributed by atoms with Gasteiger partial charge in [0.15, 0.2) is 4.77 Å². The van der Waals surface area contributed by atoms with Crippen LogP contribution in [0.15, 0.2) is 12.1 Å². The van der Waals surface area contributed by atoms with Gasteiger partial charge in [-0.15, -0.1) is 0 Å². The third kappa shape index (κ3) is 1.62. The van der Waals surface area contributed by atoms with Gasteiger partial charge in [-0.3, -0.25) is 0 Å². The summed E-state index contributed by atoms with van der Waals surface area (Å²) in [5.41, 5.74) is 2.46. The second-order valence-corrected chi connectivity index (χ2v) is 6.20. The first kappa shape index (κ1) is 11.9. The standard InChI is InChI=1S/C14H17FN2S/c1-8-6-12-11(7-10(8)15)16-13(18)17(12)14(2,3)9-4-5-9/h6-7,9H,4-5H2,1-3H3,(H,16,18). The molecule has 2 nitrogen and oxygen atoms in total. The van der Waals surface area contributed by atoms with Crippen molar-refractivity contribution in [3.63, 3.8) is 0 Å². The lowest BCUT2D eigenvalue weighted by Gasteiger charge is -2.27. The molecule has 1 heterocycles. The fourth-order valence-corrected chi connectivity index (χ4v) is 3.22. The van der Waals surface area contributed by atoms with Gasteiger partial charge < -0.3 is 9.55 Å². The third-order valence-electron chi connectivity index (χ3n) is 4.12. The average Bonchev–Trinajstić information content (AvgIpc) is 3.05. The zero-order valence-corrected chi connectivity index (χ0v) is 11.7. The maximum Gasteiger partial charge on any atom is 0.178 e. The van der Waals surface area contributed by atoms with Gasteiger partial charge in [-0.05, 0) is 69.4 Å². The number of imidazole rings is 1. The van der Waals surface area contributed by atoms with Crippen molar-refractivity contribution in [2.24, 2.45) is 5.92 Å². The quantitative estimate of drug-likeness (QED) is 0.802. The Labute approximate surface area is 111 Å². The Kier molecular flexibility index (Phi) is 2.43. The van der Waals surface area contributed by atoms with Crippen molar-refractivity contribution in [2.75, 3.05) is 0 Å². The van der Waals surface area contributed by atoms with Crippen molar-refractivity contribution < 1.29 is 4.39 Å². The molecule has 0 bridgehead atoms. The number of hydrogen-bond donors (Lipinski definition) is 1. The highest BCUT2D eigenvalue weighted by Crippen LogP contribution is 2.45. The maximum atomic E-state index is 13.6. The van der Waals surface area contributed by atoms with Crippen LogP contribution in [0.25, 0.3) is 11.0 Å². The summed E-state index contributed by atoms with van der Waals surface area (Å²) in [5, 5.41) is 0. The van der Waals surface area contributed by atoms with Gasteiger partial charge in [0.1, 0.15) is 5.82 Å². The first-order valence-electron chi connectivity index (χ1n) is 6.32. The first-order valence-corrected chi connectivity index (χ1v) is 6.73. The molecule has 0 unspecified atom stereocenters. The molecular formula is C14H17FN2S. The Balaban J connectivity index is 2.31. The molecule has 0 saturated heterocycles. The van der Waals surface area contributed by atoms with Crippen molar-refractivity contribution in [1.29, 1.82) is 0 Å². The molecule has 0 spiro atoms. The molecule has 2 aromatic rings. The Bertz CT molecular complexity index is 677. The molecule has 1 aromatic carbocycles. The molecule has 0 radical (unpaired) electrons. The van der Waals surface area contributed by atoms with E-state index in [-0.39, 0.29) is 11.4 Å². The van der Waals surface area contributed by atoms with Gasteiger partial charge in [0.25, 0.3) is 0 Å². The van der Waals surface area contributed by atoms with E-state index < -0.39 is 0 Å². The van der Waals surface area contributed by atoms with Crippen LogP contribution in [0.4, 0.5) is 4.39 Å². The van der Waals surface area contributed by atoms with Gasteiger partial charge >= 0.3 is 0 Å². The van der Waals surface area contributed by atoms with Gasteiger partial charge in [0.2, 0.25) is 0 Å². The molecule has 1 aliphatic carbocycles. The van der Waals surface area contributed by atoms with Crippen LogP contribution in [-0.4, -0.2) is 9.55 Å². The summed E-state index contributed by atoms with van der Waals surface area (Å²) < 4.78 is 16.4. The van der Waals surface area contributed by atoms with E-state index in [2.05, 4.69) is 23.4 Å². The fraction of sp³-hybridized carbons (Fsp3) is 0.500. The number of aromatic amines is 1. The van der Waals surface area contributed by atoms with Gasteiger partial charge in [0.05, 0.1) is 11.0 Å². The van der Waals surface area contributed by atoms with Gasteiger partial charge in [-0.2, -0.15) is 0 Å². The Morgan fingerprint density at radius 3 is 2.67 bits per heavy atom. The monoisotopic (exact) mass is 264 g/mol. The predicted molar refractivity (Wildman–Crippen MR) is 73.9 cm³/mol. The number of nitrogens with zero attached hydrogens (tertiary/aromatic N) is 1. The predicted octanol–water partition coefficient (Wildman–Crippen LogP) is 4.29. The molecule has 1 saturated carbocycles. The average molecular weight is 264 g/mol. The number of aromatic nitrogens is 2. The molecule has 1 aromatic heterocycles. The highest BCUT2D eigenvalue weighted by atomic mass is 32.1. The second kappa shape index (κ2) is 3.67. The van der Waals surface area contributed by atoms with E-state index in [4.69, 9.17) is 12.2 Å². The Morgan fingerprint density at radius 2 is 2.06 bits per heavy atom. The van der Waals surface area contributed by atoms with E-state index in [1.807, 2.05) is 6.07 Å². The molecule has 96 valence electrons. The second-order valence-electron chi connectivity index (χ2n) is 5.81. The van der Waals surface area contributed by atoms with Crippen LogP contribution < -0.4 is 0 Å². The van der Waals surface area contributed by atoms with Crippen LogP contribution >= 0.6 is 12.2 Å². The zero-order chi connectivity index (χ0) is 13.1. The molecule has 1 fully saturated rings. The lowest BCUT2D eigenvalue weighted by Crippen LogP contribution is -2.28. The van der Waals surface area contributed by atoms with Crippen LogP contribution in [-0.2, 0) is 5.54 Å². The Morgan fingerprint density at radius 1 is 1.39 bits per heavy atom. The van der Waals surface area contributed by atoms with Crippen LogP contribution in [0, 0.1) is 23.4 Å². The lowest BCUT2D eigenvalue weighted by atomic mass is 9.98. The summed E-state index contributed by atoms with van der Waals surface area (Å²) >= 11 is 5.42. The van der Waals surface area contributed by atoms with Crippen LogP contribution in [0.2, 0.25) is 0 Å². The number of rotatable bonds is 2. The van der Waals surface area contributed by atoms with Gasteiger partial charge in [-0.1, -0.05) is 0 Å². The third-order valence-corrected chi connectivity index (χ3v) is 4.40. The maximum absolute atomic E-state index is 13.6. The molecule has 0 aliphatic heterocycles. The zero-order valence-electron chi connectivity index (χ0n) is 10.9. The normalized spacial score (nSPS) is 16.4. The summed E-state index contributed by atoms with van der Waals surface area (Å²) in [6.45, 7) is 6.22. The van der Waals surface area contributed by atoms with Crippen LogP contribution in [0.5, 0.6) is 0 Å². The molecule has 0 amide bonds. The highest BCUT2D eigenvalue weighted by molar-refractivity contribution is 7.71. The van der Waals surface area contributed by atoms with Crippen molar-refractivity contribution in [3.05, 3.63) is 28.3 Å². The number of nitrogens with one attached hydrogen (secondary N) is 1. The van der Waals surface area contributed by atoms with E-state index in [1.54, 1.807) is 13.0 Å². The van der Waals surface area contributed by atoms with E-state index in [9.17, 15) is 4.39 Å². The molecule has 1 aliphatic rings. The Hall–Kier alpha value is -1.16. The van der Waals surface area contributed by atoms with E-state index >= 15 is 0 Å². The van der Waals surface area contributed by atoms with Gasteiger partial charge in [0, 0.05) is 5.54 Å². The molecule has 18 heavy (non-hydrogen) atoms. The number of H-pyrrole nitrogens is 1. The summed E-state index contributed by atoms with van der Waals surface area (Å²) in [5.74, 6) is 0.490. The number of benzene rings is 1. The number of fused-ring (bicyclic) bond motifs is 1.